The van der Waals surface area contributed by atoms with Gasteiger partial charge in [0.25, 0.3) is 0 Å². The highest BCUT2D eigenvalue weighted by molar-refractivity contribution is 5.38. The highest BCUT2D eigenvalue weighted by Crippen LogP contribution is 2.19. The molecule has 0 saturated carbocycles. The summed E-state index contributed by atoms with van der Waals surface area (Å²) in [5, 5.41) is 3.26. The van der Waals surface area contributed by atoms with Crippen LogP contribution in [0.15, 0.2) is 12.1 Å². The fraction of sp³-hybridized carbons (Fsp3) is 0.600. The summed E-state index contributed by atoms with van der Waals surface area (Å²) in [6.07, 6.45) is 0. The van der Waals surface area contributed by atoms with Crippen LogP contribution in [0.1, 0.15) is 22.3 Å². The Hall–Kier alpha value is -0.900. The van der Waals surface area contributed by atoms with Crippen molar-refractivity contribution >= 4 is 0 Å². The Balaban J connectivity index is 3.09. The van der Waals surface area contributed by atoms with E-state index < -0.39 is 0 Å². The minimum atomic E-state index is 0.938. The first-order valence-electron chi connectivity index (χ1n) is 6.49. The Morgan fingerprint density at radius 3 is 2.00 bits per heavy atom. The molecule has 3 heteroatoms. The molecule has 0 heterocycles. The van der Waals surface area contributed by atoms with Crippen LogP contribution >= 0.6 is 0 Å². The summed E-state index contributed by atoms with van der Waals surface area (Å²) in [4.78, 5) is 4.44. The maximum atomic E-state index is 3.26. The standard InChI is InChI=1S/C15H27N3/c1-12-14(9-16-2)7-13(10-17(3)4)8-15(12)11-18(5)6/h7-8,16H,9-11H2,1-6H3. The summed E-state index contributed by atoms with van der Waals surface area (Å²) in [5.74, 6) is 0. The quantitative estimate of drug-likeness (QED) is 0.830. The summed E-state index contributed by atoms with van der Waals surface area (Å²) in [6.45, 7) is 5.17. The van der Waals surface area contributed by atoms with E-state index in [1.807, 2.05) is 7.05 Å². The third kappa shape index (κ3) is 4.41. The van der Waals surface area contributed by atoms with Gasteiger partial charge in [0.15, 0.2) is 0 Å². The molecule has 0 saturated heterocycles. The molecule has 1 N–H and O–H groups in total. The highest BCUT2D eigenvalue weighted by Gasteiger charge is 2.08. The molecule has 0 bridgehead atoms. The fourth-order valence-electron chi connectivity index (χ4n) is 2.25. The van der Waals surface area contributed by atoms with Gasteiger partial charge >= 0.3 is 0 Å². The molecule has 0 unspecified atom stereocenters. The second-order valence-corrected chi connectivity index (χ2v) is 5.54. The fourth-order valence-corrected chi connectivity index (χ4v) is 2.25. The van der Waals surface area contributed by atoms with Crippen LogP contribution in [0, 0.1) is 6.92 Å². The summed E-state index contributed by atoms with van der Waals surface area (Å²) in [5.41, 5.74) is 5.66. The number of hydrogen-bond donors (Lipinski definition) is 1. The second kappa shape index (κ2) is 6.88. The van der Waals surface area contributed by atoms with Crippen molar-refractivity contribution in [2.75, 3.05) is 35.2 Å². The molecule has 0 atom stereocenters. The SMILES string of the molecule is CNCc1cc(CN(C)C)cc(CN(C)C)c1C. The Morgan fingerprint density at radius 2 is 1.50 bits per heavy atom. The van der Waals surface area contributed by atoms with Crippen LogP contribution in [-0.4, -0.2) is 45.0 Å². The molecular weight excluding hydrogens is 222 g/mol. The molecule has 0 radical (unpaired) electrons. The van der Waals surface area contributed by atoms with E-state index in [1.54, 1.807) is 0 Å². The van der Waals surface area contributed by atoms with E-state index >= 15 is 0 Å². The van der Waals surface area contributed by atoms with E-state index in [0.717, 1.165) is 19.6 Å². The summed E-state index contributed by atoms with van der Waals surface area (Å²) >= 11 is 0. The summed E-state index contributed by atoms with van der Waals surface area (Å²) in [6, 6.07) is 4.67. The zero-order chi connectivity index (χ0) is 13.7. The van der Waals surface area contributed by atoms with Crippen LogP contribution in [0.3, 0.4) is 0 Å². The molecule has 0 spiro atoms. The van der Waals surface area contributed by atoms with Gasteiger partial charge < -0.3 is 15.1 Å². The summed E-state index contributed by atoms with van der Waals surface area (Å²) in [7, 11) is 10.5. The zero-order valence-electron chi connectivity index (χ0n) is 12.7. The number of benzene rings is 1. The number of hydrogen-bond acceptors (Lipinski definition) is 3. The lowest BCUT2D eigenvalue weighted by atomic mass is 9.98. The van der Waals surface area contributed by atoms with Crippen LogP contribution in [0.4, 0.5) is 0 Å². The lowest BCUT2D eigenvalue weighted by Gasteiger charge is -2.19. The third-order valence-corrected chi connectivity index (χ3v) is 3.04. The van der Waals surface area contributed by atoms with Crippen molar-refractivity contribution in [3.8, 4) is 0 Å². The van der Waals surface area contributed by atoms with E-state index in [9.17, 15) is 0 Å². The first kappa shape index (κ1) is 15.2. The van der Waals surface area contributed by atoms with E-state index in [0.29, 0.717) is 0 Å². The Morgan fingerprint density at radius 1 is 0.944 bits per heavy atom. The molecule has 1 aromatic rings. The average molecular weight is 249 g/mol. The number of nitrogens with zero attached hydrogens (tertiary/aromatic N) is 2. The first-order chi connectivity index (χ1) is 8.43. The number of nitrogens with one attached hydrogen (secondary N) is 1. The molecule has 0 amide bonds. The monoisotopic (exact) mass is 249 g/mol. The molecule has 1 rings (SSSR count). The van der Waals surface area contributed by atoms with Crippen LogP contribution in [0.5, 0.6) is 0 Å². The van der Waals surface area contributed by atoms with Gasteiger partial charge in [-0.3, -0.25) is 0 Å². The predicted molar refractivity (Wildman–Crippen MR) is 78.7 cm³/mol. The molecule has 0 aliphatic carbocycles. The van der Waals surface area contributed by atoms with Gasteiger partial charge in [0.2, 0.25) is 0 Å². The topological polar surface area (TPSA) is 18.5 Å². The van der Waals surface area contributed by atoms with Crippen molar-refractivity contribution < 1.29 is 0 Å². The van der Waals surface area contributed by atoms with E-state index in [4.69, 9.17) is 0 Å². The second-order valence-electron chi connectivity index (χ2n) is 5.54. The van der Waals surface area contributed by atoms with E-state index in [2.05, 4.69) is 62.4 Å². The number of rotatable bonds is 6. The Labute approximate surface area is 112 Å². The zero-order valence-corrected chi connectivity index (χ0v) is 12.7. The van der Waals surface area contributed by atoms with Gasteiger partial charge in [-0.2, -0.15) is 0 Å². The van der Waals surface area contributed by atoms with Crippen LogP contribution < -0.4 is 5.32 Å². The van der Waals surface area contributed by atoms with Crippen molar-refractivity contribution in [2.45, 2.75) is 26.6 Å². The molecule has 0 fully saturated rings. The molecule has 0 aliphatic heterocycles. The van der Waals surface area contributed by atoms with Crippen LogP contribution in [0.2, 0.25) is 0 Å². The van der Waals surface area contributed by atoms with Gasteiger partial charge in [-0.05, 0) is 64.4 Å². The van der Waals surface area contributed by atoms with Gasteiger partial charge in [0.05, 0.1) is 0 Å². The molecule has 3 nitrogen and oxygen atoms in total. The predicted octanol–water partition coefficient (Wildman–Crippen LogP) is 1.84. The maximum Gasteiger partial charge on any atom is 0.0230 e. The van der Waals surface area contributed by atoms with E-state index in [1.165, 1.54) is 22.3 Å². The largest absolute Gasteiger partial charge is 0.316 e. The van der Waals surface area contributed by atoms with Crippen molar-refractivity contribution in [1.82, 2.24) is 15.1 Å². The molecule has 0 aliphatic rings. The van der Waals surface area contributed by atoms with Crippen molar-refractivity contribution in [1.29, 1.82) is 0 Å². The molecule has 102 valence electrons. The Bertz CT molecular complexity index is 384. The van der Waals surface area contributed by atoms with Crippen LogP contribution in [0.25, 0.3) is 0 Å². The average Bonchev–Trinajstić information content (AvgIpc) is 2.23. The summed E-state index contributed by atoms with van der Waals surface area (Å²) < 4.78 is 0. The minimum absolute atomic E-state index is 0.938. The molecule has 1 aromatic carbocycles. The lowest BCUT2D eigenvalue weighted by Crippen LogP contribution is -2.16. The van der Waals surface area contributed by atoms with Gasteiger partial charge in [-0.25, -0.2) is 0 Å². The van der Waals surface area contributed by atoms with E-state index in [-0.39, 0.29) is 0 Å². The third-order valence-electron chi connectivity index (χ3n) is 3.04. The first-order valence-corrected chi connectivity index (χ1v) is 6.49. The van der Waals surface area contributed by atoms with Gasteiger partial charge in [0, 0.05) is 19.6 Å². The van der Waals surface area contributed by atoms with Crippen molar-refractivity contribution in [3.63, 3.8) is 0 Å². The smallest absolute Gasteiger partial charge is 0.0230 e. The van der Waals surface area contributed by atoms with Gasteiger partial charge in [-0.1, -0.05) is 12.1 Å². The molecule has 0 aromatic heterocycles. The van der Waals surface area contributed by atoms with Gasteiger partial charge in [-0.15, -0.1) is 0 Å². The van der Waals surface area contributed by atoms with Crippen molar-refractivity contribution in [2.24, 2.45) is 0 Å². The maximum absolute atomic E-state index is 3.26. The van der Waals surface area contributed by atoms with Crippen molar-refractivity contribution in [3.05, 3.63) is 34.4 Å². The lowest BCUT2D eigenvalue weighted by molar-refractivity contribution is 0.394. The minimum Gasteiger partial charge on any atom is -0.316 e. The van der Waals surface area contributed by atoms with Gasteiger partial charge in [0.1, 0.15) is 0 Å². The molecular formula is C15H27N3. The Kier molecular flexibility index (Phi) is 5.79. The van der Waals surface area contributed by atoms with Crippen LogP contribution in [-0.2, 0) is 19.6 Å². The highest BCUT2D eigenvalue weighted by atomic mass is 15.1. The normalized spacial score (nSPS) is 11.6. The molecule has 18 heavy (non-hydrogen) atoms.